The first-order chi connectivity index (χ1) is 18.1. The van der Waals surface area contributed by atoms with Crippen LogP contribution in [0.3, 0.4) is 0 Å². The van der Waals surface area contributed by atoms with Crippen LogP contribution in [-0.4, -0.2) is 25.7 Å². The number of hydrogen-bond donors (Lipinski definition) is 2. The normalized spacial score (nSPS) is 13.9. The van der Waals surface area contributed by atoms with Crippen LogP contribution in [0.1, 0.15) is 64.5 Å². The van der Waals surface area contributed by atoms with Gasteiger partial charge in [-0.3, -0.25) is 4.79 Å². The number of aromatic nitrogens is 4. The first-order valence-electron chi connectivity index (χ1n) is 11.9. The Balaban J connectivity index is 1.45. The van der Waals surface area contributed by atoms with Gasteiger partial charge < -0.3 is 11.1 Å². The second kappa shape index (κ2) is 9.99. The van der Waals surface area contributed by atoms with Gasteiger partial charge in [0.25, 0.3) is 5.91 Å². The quantitative estimate of drug-likeness (QED) is 0.305. The summed E-state index contributed by atoms with van der Waals surface area (Å²) in [5, 5.41) is 7.45. The number of aryl methyl sites for hydroxylation is 1. The van der Waals surface area contributed by atoms with Crippen molar-refractivity contribution in [2.75, 3.05) is 11.1 Å². The first-order valence-corrected chi connectivity index (χ1v) is 12.3. The molecule has 0 bridgehead atoms. The van der Waals surface area contributed by atoms with E-state index in [1.165, 1.54) is 12.4 Å². The van der Waals surface area contributed by atoms with E-state index in [1.54, 1.807) is 18.2 Å². The number of alkyl halides is 3. The lowest BCUT2D eigenvalue weighted by Gasteiger charge is -2.11. The molecule has 0 spiro atoms. The number of carbonyl (C=O) groups is 1. The van der Waals surface area contributed by atoms with Crippen LogP contribution < -0.4 is 11.1 Å². The summed E-state index contributed by atoms with van der Waals surface area (Å²) < 4.78 is 41.5. The van der Waals surface area contributed by atoms with Crippen molar-refractivity contribution in [3.8, 4) is 11.8 Å². The Kier molecular flexibility index (Phi) is 6.71. The highest BCUT2D eigenvalue weighted by Gasteiger charge is 2.34. The molecule has 1 saturated carbocycles. The zero-order chi connectivity index (χ0) is 27.0. The van der Waals surface area contributed by atoms with E-state index in [0.29, 0.717) is 33.8 Å². The van der Waals surface area contributed by atoms with Crippen LogP contribution in [0, 0.1) is 18.8 Å². The summed E-state index contributed by atoms with van der Waals surface area (Å²) in [5.41, 5.74) is 7.82. The molecule has 1 aliphatic carbocycles. The predicted molar refractivity (Wildman–Crippen MR) is 139 cm³/mol. The molecule has 0 aliphatic heterocycles. The molecule has 0 unspecified atom stereocenters. The summed E-state index contributed by atoms with van der Waals surface area (Å²) in [6, 6.07) is 8.30. The fraction of sp³-hybridized carbons (Fsp3) is 0.259. The van der Waals surface area contributed by atoms with Crippen molar-refractivity contribution in [1.29, 1.82) is 0 Å². The Bertz CT molecular complexity index is 1610. The third-order valence-corrected chi connectivity index (χ3v) is 6.86. The van der Waals surface area contributed by atoms with E-state index in [9.17, 15) is 18.0 Å². The molecule has 0 saturated heterocycles. The summed E-state index contributed by atoms with van der Waals surface area (Å²) in [6.45, 7) is 1.86. The van der Waals surface area contributed by atoms with Gasteiger partial charge in [0.05, 0.1) is 22.0 Å². The van der Waals surface area contributed by atoms with Crippen molar-refractivity contribution < 1.29 is 18.0 Å². The summed E-state index contributed by atoms with van der Waals surface area (Å²) in [7, 11) is 0. The number of benzene rings is 2. The maximum atomic E-state index is 13.2. The van der Waals surface area contributed by atoms with Gasteiger partial charge in [-0.1, -0.05) is 36.4 Å². The molecule has 1 fully saturated rings. The first kappa shape index (κ1) is 25.5. The number of amides is 1. The molecule has 1 aliphatic rings. The van der Waals surface area contributed by atoms with Gasteiger partial charge in [-0.2, -0.15) is 18.3 Å². The number of fused-ring (bicyclic) bond motifs is 1. The van der Waals surface area contributed by atoms with Crippen molar-refractivity contribution in [2.24, 2.45) is 0 Å². The lowest BCUT2D eigenvalue weighted by atomic mass is 10.1. The molecule has 4 aromatic rings. The second-order valence-electron chi connectivity index (χ2n) is 9.12. The standard InChI is InChI=1S/C27H22ClF3N6O/c1-15-6-9-18(35-26(38)17-7-10-21(28)20(13-17)27(29,30)31)12-16(15)8-11-22-23-24(32)33-14-34-25(23)37(36-22)19-4-2-3-5-19/h6-7,9-10,12-14,19H,2-5H2,1H3,(H,35,38)(H2,32,33,34). The molecule has 2 aromatic heterocycles. The van der Waals surface area contributed by atoms with E-state index < -0.39 is 22.7 Å². The number of nitrogens with two attached hydrogens (primary N) is 1. The lowest BCUT2D eigenvalue weighted by molar-refractivity contribution is -0.137. The Hall–Kier alpha value is -4.10. The van der Waals surface area contributed by atoms with Gasteiger partial charge in [0, 0.05) is 16.8 Å². The lowest BCUT2D eigenvalue weighted by Crippen LogP contribution is -2.14. The maximum Gasteiger partial charge on any atom is 0.417 e. The zero-order valence-electron chi connectivity index (χ0n) is 20.2. The SMILES string of the molecule is Cc1ccc(NC(=O)c2ccc(Cl)c(C(F)(F)F)c2)cc1C#Cc1nn(C2CCCC2)c2ncnc(N)c12. The molecule has 0 radical (unpaired) electrons. The highest BCUT2D eigenvalue weighted by molar-refractivity contribution is 6.31. The van der Waals surface area contributed by atoms with Gasteiger partial charge in [-0.15, -0.1) is 0 Å². The largest absolute Gasteiger partial charge is 0.417 e. The minimum Gasteiger partial charge on any atom is -0.383 e. The van der Waals surface area contributed by atoms with Crippen LogP contribution in [0.15, 0.2) is 42.7 Å². The number of nitrogen functional groups attached to an aromatic ring is 1. The smallest absolute Gasteiger partial charge is 0.383 e. The van der Waals surface area contributed by atoms with Crippen LogP contribution >= 0.6 is 11.6 Å². The molecule has 5 rings (SSSR count). The molecule has 3 N–H and O–H groups in total. The zero-order valence-corrected chi connectivity index (χ0v) is 21.0. The Labute approximate surface area is 221 Å². The van der Waals surface area contributed by atoms with E-state index >= 15 is 0 Å². The van der Waals surface area contributed by atoms with Crippen molar-refractivity contribution in [3.05, 3.63) is 75.7 Å². The van der Waals surface area contributed by atoms with Crippen molar-refractivity contribution in [3.63, 3.8) is 0 Å². The average molecular weight is 539 g/mol. The molecule has 194 valence electrons. The molecule has 2 heterocycles. The van der Waals surface area contributed by atoms with Gasteiger partial charge in [0.15, 0.2) is 5.65 Å². The van der Waals surface area contributed by atoms with Crippen LogP contribution in [-0.2, 0) is 6.18 Å². The van der Waals surface area contributed by atoms with E-state index in [-0.39, 0.29) is 11.6 Å². The average Bonchev–Trinajstić information content (AvgIpc) is 3.52. The molecule has 38 heavy (non-hydrogen) atoms. The second-order valence-corrected chi connectivity index (χ2v) is 9.52. The number of anilines is 2. The van der Waals surface area contributed by atoms with Gasteiger partial charge in [0.2, 0.25) is 0 Å². The van der Waals surface area contributed by atoms with E-state index in [0.717, 1.165) is 43.4 Å². The van der Waals surface area contributed by atoms with Crippen molar-refractivity contribution in [2.45, 2.75) is 44.8 Å². The summed E-state index contributed by atoms with van der Waals surface area (Å²) in [5.74, 6) is 5.75. The maximum absolute atomic E-state index is 13.2. The molecule has 2 aromatic carbocycles. The Morgan fingerprint density at radius 2 is 1.89 bits per heavy atom. The van der Waals surface area contributed by atoms with Gasteiger partial charge in [-0.05, 0) is 61.6 Å². The van der Waals surface area contributed by atoms with Crippen LogP contribution in [0.4, 0.5) is 24.7 Å². The molecule has 0 atom stereocenters. The summed E-state index contributed by atoms with van der Waals surface area (Å²) in [4.78, 5) is 21.2. The summed E-state index contributed by atoms with van der Waals surface area (Å²) in [6.07, 6.45) is 0.997. The van der Waals surface area contributed by atoms with Crippen LogP contribution in [0.25, 0.3) is 11.0 Å². The highest BCUT2D eigenvalue weighted by Crippen LogP contribution is 2.35. The molecule has 7 nitrogen and oxygen atoms in total. The number of rotatable bonds is 3. The molecular weight excluding hydrogens is 517 g/mol. The molecule has 11 heteroatoms. The predicted octanol–water partition coefficient (Wildman–Crippen LogP) is 6.16. The third kappa shape index (κ3) is 5.02. The molecule has 1 amide bonds. The van der Waals surface area contributed by atoms with Gasteiger partial charge in [0.1, 0.15) is 17.8 Å². The number of hydrogen-bond acceptors (Lipinski definition) is 5. The summed E-state index contributed by atoms with van der Waals surface area (Å²) >= 11 is 5.66. The number of carbonyl (C=O) groups excluding carboxylic acids is 1. The fourth-order valence-corrected chi connectivity index (χ4v) is 4.76. The number of nitrogens with one attached hydrogen (secondary N) is 1. The van der Waals surface area contributed by atoms with Crippen molar-refractivity contribution >= 4 is 40.0 Å². The third-order valence-electron chi connectivity index (χ3n) is 6.53. The van der Waals surface area contributed by atoms with Gasteiger partial charge >= 0.3 is 6.18 Å². The fourth-order valence-electron chi connectivity index (χ4n) is 4.53. The molecular formula is C27H22ClF3N6O. The minimum atomic E-state index is -4.68. The number of halogens is 4. The van der Waals surface area contributed by atoms with Gasteiger partial charge in [-0.25, -0.2) is 14.6 Å². The van der Waals surface area contributed by atoms with E-state index in [2.05, 4.69) is 27.1 Å². The number of nitrogens with zero attached hydrogens (tertiary/aromatic N) is 4. The Morgan fingerprint density at radius 3 is 2.63 bits per heavy atom. The van der Waals surface area contributed by atoms with E-state index in [1.807, 2.05) is 11.6 Å². The van der Waals surface area contributed by atoms with Crippen LogP contribution in [0.2, 0.25) is 5.02 Å². The highest BCUT2D eigenvalue weighted by atomic mass is 35.5. The minimum absolute atomic E-state index is 0.172. The topological polar surface area (TPSA) is 98.7 Å². The van der Waals surface area contributed by atoms with Crippen LogP contribution in [0.5, 0.6) is 0 Å². The Morgan fingerprint density at radius 1 is 1.13 bits per heavy atom. The monoisotopic (exact) mass is 538 g/mol. The van der Waals surface area contributed by atoms with E-state index in [4.69, 9.17) is 22.4 Å². The van der Waals surface area contributed by atoms with Crippen molar-refractivity contribution in [1.82, 2.24) is 19.7 Å².